The molecule has 1 heterocycles. The van der Waals surface area contributed by atoms with Crippen LogP contribution < -0.4 is 16.0 Å². The van der Waals surface area contributed by atoms with Gasteiger partial charge in [0.05, 0.1) is 6.54 Å². The molecule has 1 aliphatic rings. The second-order valence-electron chi connectivity index (χ2n) is 5.69. The quantitative estimate of drug-likeness (QED) is 0.757. The Morgan fingerprint density at radius 1 is 1.09 bits per heavy atom. The zero-order valence-corrected chi connectivity index (χ0v) is 13.8. The Hall–Kier alpha value is -2.12. The Bertz CT molecular complexity index is 541. The van der Waals surface area contributed by atoms with Gasteiger partial charge < -0.3 is 20.9 Å². The summed E-state index contributed by atoms with van der Waals surface area (Å²) >= 11 is 0. The number of nitrogens with zero attached hydrogens (tertiary/aromatic N) is 2. The van der Waals surface area contributed by atoms with Crippen LogP contribution in [0.5, 0.6) is 0 Å². The van der Waals surface area contributed by atoms with Crippen molar-refractivity contribution in [2.75, 3.05) is 56.9 Å². The molecule has 2 rings (SSSR count). The second-order valence-corrected chi connectivity index (χ2v) is 5.69. The summed E-state index contributed by atoms with van der Waals surface area (Å²) in [6, 6.07) is 6.88. The predicted molar refractivity (Wildman–Crippen MR) is 91.7 cm³/mol. The van der Waals surface area contributed by atoms with Gasteiger partial charge in [0.1, 0.15) is 0 Å². The standard InChI is InChI=1S/C16H25N5O2/c1-3-17-16(23)19-14-6-4-5-13(11-14)18-15(22)12-21-9-7-20(2)8-10-21/h4-6,11H,3,7-10,12H2,1-2H3,(H,18,22)(H2,17,19,23). The molecular weight excluding hydrogens is 294 g/mol. The number of piperazine rings is 1. The number of carbonyl (C=O) groups is 2. The highest BCUT2D eigenvalue weighted by atomic mass is 16.2. The molecule has 1 saturated heterocycles. The van der Waals surface area contributed by atoms with Crippen LogP contribution in [-0.2, 0) is 4.79 Å². The normalized spacial score (nSPS) is 15.9. The zero-order chi connectivity index (χ0) is 16.7. The number of nitrogens with one attached hydrogen (secondary N) is 3. The molecule has 0 aliphatic carbocycles. The summed E-state index contributed by atoms with van der Waals surface area (Å²) in [7, 11) is 2.09. The van der Waals surface area contributed by atoms with Crippen molar-refractivity contribution >= 4 is 23.3 Å². The largest absolute Gasteiger partial charge is 0.338 e. The molecule has 0 spiro atoms. The summed E-state index contributed by atoms with van der Waals surface area (Å²) < 4.78 is 0. The first-order valence-electron chi connectivity index (χ1n) is 7.92. The van der Waals surface area contributed by atoms with Crippen molar-refractivity contribution in [2.45, 2.75) is 6.92 Å². The maximum absolute atomic E-state index is 12.1. The van der Waals surface area contributed by atoms with E-state index in [0.29, 0.717) is 24.5 Å². The van der Waals surface area contributed by atoms with Crippen molar-refractivity contribution in [2.24, 2.45) is 0 Å². The number of hydrogen-bond donors (Lipinski definition) is 3. The fourth-order valence-corrected chi connectivity index (χ4v) is 2.42. The van der Waals surface area contributed by atoms with E-state index >= 15 is 0 Å². The first-order valence-corrected chi connectivity index (χ1v) is 7.92. The van der Waals surface area contributed by atoms with Crippen LogP contribution in [0.1, 0.15) is 6.92 Å². The fourth-order valence-electron chi connectivity index (χ4n) is 2.42. The summed E-state index contributed by atoms with van der Waals surface area (Å²) in [5.41, 5.74) is 1.33. The minimum absolute atomic E-state index is 0.0373. The molecule has 1 fully saturated rings. The van der Waals surface area contributed by atoms with Gasteiger partial charge >= 0.3 is 6.03 Å². The third-order valence-corrected chi connectivity index (χ3v) is 3.70. The highest BCUT2D eigenvalue weighted by molar-refractivity contribution is 5.94. The Morgan fingerprint density at radius 2 is 1.74 bits per heavy atom. The van der Waals surface area contributed by atoms with Gasteiger partial charge in [0.2, 0.25) is 5.91 Å². The highest BCUT2D eigenvalue weighted by Crippen LogP contribution is 2.15. The van der Waals surface area contributed by atoms with Gasteiger partial charge in [-0.3, -0.25) is 9.69 Å². The Balaban J connectivity index is 1.84. The number of anilines is 2. The number of likely N-dealkylation sites (N-methyl/N-ethyl adjacent to an activating group) is 1. The summed E-state index contributed by atoms with van der Waals surface area (Å²) in [5, 5.41) is 8.27. The van der Waals surface area contributed by atoms with Gasteiger partial charge in [-0.2, -0.15) is 0 Å². The number of amides is 3. The van der Waals surface area contributed by atoms with Gasteiger partial charge in [-0.1, -0.05) is 6.07 Å². The lowest BCUT2D eigenvalue weighted by Crippen LogP contribution is -2.47. The summed E-state index contributed by atoms with van der Waals surface area (Å²) in [4.78, 5) is 28.0. The van der Waals surface area contributed by atoms with Crippen LogP contribution in [0, 0.1) is 0 Å². The van der Waals surface area contributed by atoms with E-state index in [1.165, 1.54) is 0 Å². The van der Waals surface area contributed by atoms with Crippen LogP contribution in [0.25, 0.3) is 0 Å². The molecule has 3 amide bonds. The van der Waals surface area contributed by atoms with Crippen LogP contribution in [-0.4, -0.2) is 68.1 Å². The minimum atomic E-state index is -0.256. The molecule has 1 aliphatic heterocycles. The Kier molecular flexibility index (Phi) is 6.37. The average molecular weight is 319 g/mol. The number of urea groups is 1. The van der Waals surface area contributed by atoms with Gasteiger partial charge in [0, 0.05) is 44.1 Å². The van der Waals surface area contributed by atoms with Gasteiger partial charge in [0.15, 0.2) is 0 Å². The molecule has 7 nitrogen and oxygen atoms in total. The van der Waals surface area contributed by atoms with E-state index in [9.17, 15) is 9.59 Å². The molecule has 3 N–H and O–H groups in total. The molecule has 0 saturated carbocycles. The lowest BCUT2D eigenvalue weighted by molar-refractivity contribution is -0.117. The van der Waals surface area contributed by atoms with Crippen LogP contribution >= 0.6 is 0 Å². The summed E-state index contributed by atoms with van der Waals surface area (Å²) in [5.74, 6) is -0.0373. The van der Waals surface area contributed by atoms with Crippen molar-refractivity contribution in [1.29, 1.82) is 0 Å². The Morgan fingerprint density at radius 3 is 2.39 bits per heavy atom. The maximum Gasteiger partial charge on any atom is 0.319 e. The van der Waals surface area contributed by atoms with E-state index in [1.54, 1.807) is 18.2 Å². The van der Waals surface area contributed by atoms with Crippen LogP contribution in [0.15, 0.2) is 24.3 Å². The smallest absolute Gasteiger partial charge is 0.319 e. The lowest BCUT2D eigenvalue weighted by atomic mass is 10.2. The molecular formula is C16H25N5O2. The monoisotopic (exact) mass is 319 g/mol. The number of carbonyl (C=O) groups excluding carboxylic acids is 2. The van der Waals surface area contributed by atoms with E-state index in [1.807, 2.05) is 13.0 Å². The lowest BCUT2D eigenvalue weighted by Gasteiger charge is -2.31. The minimum Gasteiger partial charge on any atom is -0.338 e. The first-order chi connectivity index (χ1) is 11.1. The predicted octanol–water partition coefficient (Wildman–Crippen LogP) is 1.01. The van der Waals surface area contributed by atoms with Gasteiger partial charge in [-0.15, -0.1) is 0 Å². The molecule has 7 heteroatoms. The first kappa shape index (κ1) is 17.2. The van der Waals surface area contributed by atoms with E-state index in [2.05, 4.69) is 32.8 Å². The SMILES string of the molecule is CCNC(=O)Nc1cccc(NC(=O)CN2CCN(C)CC2)c1. The molecule has 126 valence electrons. The number of rotatable bonds is 5. The fraction of sp³-hybridized carbons (Fsp3) is 0.500. The van der Waals surface area contributed by atoms with E-state index in [4.69, 9.17) is 0 Å². The third kappa shape index (κ3) is 5.88. The number of hydrogen-bond acceptors (Lipinski definition) is 4. The Labute approximate surface area is 137 Å². The topological polar surface area (TPSA) is 76.7 Å². The molecule has 0 bridgehead atoms. The third-order valence-electron chi connectivity index (χ3n) is 3.70. The zero-order valence-electron chi connectivity index (χ0n) is 13.8. The van der Waals surface area contributed by atoms with Gasteiger partial charge in [0.25, 0.3) is 0 Å². The maximum atomic E-state index is 12.1. The summed E-state index contributed by atoms with van der Waals surface area (Å²) in [6.45, 7) is 6.59. The molecule has 0 radical (unpaired) electrons. The molecule has 0 atom stereocenters. The van der Waals surface area contributed by atoms with Crippen molar-refractivity contribution in [3.8, 4) is 0 Å². The molecule has 23 heavy (non-hydrogen) atoms. The van der Waals surface area contributed by atoms with Gasteiger partial charge in [-0.05, 0) is 32.2 Å². The molecule has 0 unspecified atom stereocenters. The van der Waals surface area contributed by atoms with Crippen molar-refractivity contribution in [1.82, 2.24) is 15.1 Å². The van der Waals surface area contributed by atoms with Crippen molar-refractivity contribution in [3.63, 3.8) is 0 Å². The highest BCUT2D eigenvalue weighted by Gasteiger charge is 2.16. The molecule has 1 aromatic carbocycles. The summed E-state index contributed by atoms with van der Waals surface area (Å²) in [6.07, 6.45) is 0. The van der Waals surface area contributed by atoms with E-state index in [0.717, 1.165) is 26.2 Å². The van der Waals surface area contributed by atoms with Gasteiger partial charge in [-0.25, -0.2) is 4.79 Å². The van der Waals surface area contributed by atoms with Crippen LogP contribution in [0.4, 0.5) is 16.2 Å². The number of benzene rings is 1. The molecule has 0 aromatic heterocycles. The average Bonchev–Trinajstić information content (AvgIpc) is 2.50. The molecule has 1 aromatic rings. The van der Waals surface area contributed by atoms with Crippen molar-refractivity contribution in [3.05, 3.63) is 24.3 Å². The van der Waals surface area contributed by atoms with E-state index < -0.39 is 0 Å². The van der Waals surface area contributed by atoms with E-state index in [-0.39, 0.29) is 11.9 Å². The second kappa shape index (κ2) is 8.50. The van der Waals surface area contributed by atoms with Crippen molar-refractivity contribution < 1.29 is 9.59 Å². The van der Waals surface area contributed by atoms with Crippen LogP contribution in [0.2, 0.25) is 0 Å². The van der Waals surface area contributed by atoms with Crippen LogP contribution in [0.3, 0.4) is 0 Å².